The lowest BCUT2D eigenvalue weighted by Crippen LogP contribution is -2.43. The second-order valence-corrected chi connectivity index (χ2v) is 13.3. The van der Waals surface area contributed by atoms with E-state index in [1.807, 2.05) is 30.3 Å². The first-order valence-electron chi connectivity index (χ1n) is 15.5. The molecule has 2 aliphatic rings. The molecule has 3 aromatic carbocycles. The van der Waals surface area contributed by atoms with Crippen molar-refractivity contribution in [3.05, 3.63) is 113 Å². The van der Waals surface area contributed by atoms with E-state index in [9.17, 15) is 18.3 Å². The summed E-state index contributed by atoms with van der Waals surface area (Å²) in [6, 6.07) is 24.7. The summed E-state index contributed by atoms with van der Waals surface area (Å²) < 4.78 is 33.7. The zero-order valence-corrected chi connectivity index (χ0v) is 26.1. The molecule has 0 spiro atoms. The lowest BCUT2D eigenvalue weighted by Gasteiger charge is -2.38. The molecule has 0 bridgehead atoms. The Kier molecular flexibility index (Phi) is 9.73. The molecule has 0 radical (unpaired) electrons. The Labute approximate surface area is 261 Å². The minimum absolute atomic E-state index is 0.0404. The van der Waals surface area contributed by atoms with Gasteiger partial charge < -0.3 is 9.84 Å². The van der Waals surface area contributed by atoms with Gasteiger partial charge in [-0.3, -0.25) is 0 Å². The Morgan fingerprint density at radius 3 is 2.41 bits per heavy atom. The van der Waals surface area contributed by atoms with Crippen LogP contribution in [-0.4, -0.2) is 25.5 Å². The van der Waals surface area contributed by atoms with Crippen LogP contribution in [-0.2, 0) is 16.8 Å². The van der Waals surface area contributed by atoms with E-state index < -0.39 is 21.6 Å². The number of para-hydroxylation sites is 1. The molecule has 1 saturated carbocycles. The van der Waals surface area contributed by atoms with E-state index >= 15 is 0 Å². The predicted molar refractivity (Wildman–Crippen MR) is 175 cm³/mol. The molecule has 3 atom stereocenters. The monoisotopic (exact) mass is 614 g/mol. The fourth-order valence-electron chi connectivity index (χ4n) is 7.35. The molecular weight excluding hydrogens is 572 g/mol. The van der Waals surface area contributed by atoms with Gasteiger partial charge in [-0.25, -0.2) is 9.93 Å². The van der Waals surface area contributed by atoms with Gasteiger partial charge in [0.1, 0.15) is 12.4 Å². The number of nitrogens with one attached hydrogen (secondary N) is 1. The van der Waals surface area contributed by atoms with E-state index in [0.29, 0.717) is 12.2 Å². The molecule has 3 aromatic rings. The first-order chi connectivity index (χ1) is 21.1. The molecule has 232 valence electrons. The summed E-state index contributed by atoms with van der Waals surface area (Å²) in [7, 11) is -3.90. The number of hydrogen-bond acceptors (Lipinski definition) is 4. The lowest BCUT2D eigenvalue weighted by atomic mass is 9.66. The van der Waals surface area contributed by atoms with Crippen LogP contribution < -0.4 is 14.6 Å². The molecule has 5 rings (SSSR count). The highest BCUT2D eigenvalue weighted by Crippen LogP contribution is 2.66. The van der Waals surface area contributed by atoms with Crippen LogP contribution in [0.15, 0.2) is 91.0 Å². The predicted octanol–water partition coefficient (Wildman–Crippen LogP) is 7.36. The minimum Gasteiger partial charge on any atom is -0.488 e. The molecule has 4 N–H and O–H groups in total. The number of carboxylic acid groups (broad SMARTS) is 1. The Balaban J connectivity index is 1.55. The van der Waals surface area contributed by atoms with Crippen molar-refractivity contribution in [2.75, 3.05) is 0 Å². The van der Waals surface area contributed by atoms with Crippen molar-refractivity contribution < 1.29 is 23.1 Å². The van der Waals surface area contributed by atoms with Gasteiger partial charge in [0, 0.05) is 17.0 Å². The summed E-state index contributed by atoms with van der Waals surface area (Å²) in [4.78, 5) is 11.3. The Morgan fingerprint density at radius 2 is 1.73 bits per heavy atom. The smallest absolute Gasteiger partial charge is 0.335 e. The molecule has 0 heterocycles. The zero-order chi connectivity index (χ0) is 31.3. The number of fused-ring (bicyclic) bond motifs is 1. The van der Waals surface area contributed by atoms with E-state index in [-0.39, 0.29) is 24.1 Å². The number of carbonyl (C=O) groups is 1. The summed E-state index contributed by atoms with van der Waals surface area (Å²) in [5, 5.41) is 14.8. The van der Waals surface area contributed by atoms with Crippen molar-refractivity contribution in [3.63, 3.8) is 0 Å². The fourth-order valence-corrected chi connectivity index (χ4v) is 8.05. The SMILES string of the molecule is C=C(c1ccccc1OCc1ccc(C(=O)O)cc1)C12CCC(NS(N)(=O)=O)C1CC(CCCCCC)=C2c1ccccc1. The second kappa shape index (κ2) is 13.5. The molecule has 0 aliphatic heterocycles. The summed E-state index contributed by atoms with van der Waals surface area (Å²) in [6.07, 6.45) is 7.72. The quantitative estimate of drug-likeness (QED) is 0.164. The van der Waals surface area contributed by atoms with Crippen molar-refractivity contribution in [1.82, 2.24) is 4.72 Å². The van der Waals surface area contributed by atoms with Gasteiger partial charge in [-0.2, -0.15) is 13.1 Å². The van der Waals surface area contributed by atoms with Crippen LogP contribution in [0.25, 0.3) is 11.1 Å². The van der Waals surface area contributed by atoms with Gasteiger partial charge in [0.05, 0.1) is 5.56 Å². The molecule has 1 fully saturated rings. The van der Waals surface area contributed by atoms with Crippen molar-refractivity contribution >= 4 is 27.3 Å². The van der Waals surface area contributed by atoms with Gasteiger partial charge in [-0.15, -0.1) is 0 Å². The molecule has 3 unspecified atom stereocenters. The van der Waals surface area contributed by atoms with E-state index in [4.69, 9.17) is 16.5 Å². The van der Waals surface area contributed by atoms with Crippen LogP contribution in [0, 0.1) is 11.3 Å². The van der Waals surface area contributed by atoms with Gasteiger partial charge >= 0.3 is 5.97 Å². The third-order valence-electron chi connectivity index (χ3n) is 9.29. The number of benzene rings is 3. The summed E-state index contributed by atoms with van der Waals surface area (Å²) in [5.74, 6) is -0.329. The van der Waals surface area contributed by atoms with Crippen LogP contribution in [0.5, 0.6) is 5.75 Å². The lowest BCUT2D eigenvalue weighted by molar-refractivity contribution is 0.0696. The third kappa shape index (κ3) is 6.67. The minimum atomic E-state index is -3.90. The molecule has 7 nitrogen and oxygen atoms in total. The molecular formula is C36H42N2O5S. The normalized spacial score (nSPS) is 21.3. The molecule has 44 heavy (non-hydrogen) atoms. The van der Waals surface area contributed by atoms with Crippen LogP contribution in [0.1, 0.15) is 85.3 Å². The van der Waals surface area contributed by atoms with Gasteiger partial charge in [0.15, 0.2) is 0 Å². The van der Waals surface area contributed by atoms with Crippen molar-refractivity contribution in [2.45, 2.75) is 70.9 Å². The summed E-state index contributed by atoms with van der Waals surface area (Å²) >= 11 is 0. The number of carboxylic acids is 1. The van der Waals surface area contributed by atoms with E-state index in [1.54, 1.807) is 24.3 Å². The molecule has 2 aliphatic carbocycles. The van der Waals surface area contributed by atoms with Crippen LogP contribution in [0.2, 0.25) is 0 Å². The highest BCUT2D eigenvalue weighted by atomic mass is 32.2. The maximum absolute atomic E-state index is 12.3. The van der Waals surface area contributed by atoms with Crippen LogP contribution >= 0.6 is 0 Å². The summed E-state index contributed by atoms with van der Waals surface area (Å²) in [5.41, 5.74) is 6.16. The average Bonchev–Trinajstić information content (AvgIpc) is 3.52. The number of nitrogens with two attached hydrogens (primary N) is 1. The van der Waals surface area contributed by atoms with Crippen molar-refractivity contribution in [2.24, 2.45) is 16.5 Å². The van der Waals surface area contributed by atoms with Crippen LogP contribution in [0.3, 0.4) is 0 Å². The van der Waals surface area contributed by atoms with Crippen LogP contribution in [0.4, 0.5) is 0 Å². The Morgan fingerprint density at radius 1 is 1.02 bits per heavy atom. The number of allylic oxidation sites excluding steroid dienone is 3. The highest BCUT2D eigenvalue weighted by molar-refractivity contribution is 7.87. The Hall–Kier alpha value is -3.72. The largest absolute Gasteiger partial charge is 0.488 e. The Bertz CT molecular complexity index is 1630. The van der Waals surface area contributed by atoms with Gasteiger partial charge in [-0.05, 0) is 78.5 Å². The van der Waals surface area contributed by atoms with Gasteiger partial charge in [0.2, 0.25) is 0 Å². The number of rotatable bonds is 14. The van der Waals surface area contributed by atoms with E-state index in [0.717, 1.165) is 60.8 Å². The fraction of sp³-hybridized carbons (Fsp3) is 0.361. The number of hydrogen-bond donors (Lipinski definition) is 3. The topological polar surface area (TPSA) is 119 Å². The molecule has 0 aromatic heterocycles. The first kappa shape index (κ1) is 31.7. The van der Waals surface area contributed by atoms with Crippen molar-refractivity contribution in [3.8, 4) is 5.75 Å². The third-order valence-corrected chi connectivity index (χ3v) is 9.92. The zero-order valence-electron chi connectivity index (χ0n) is 25.3. The standard InChI is InChI=1S/C36H42N2O5S/c1-3-4-5-7-14-29-23-31-32(38-44(37,41)42)21-22-36(31,34(29)27-12-8-6-9-13-27)25(2)30-15-10-11-16-33(30)43-24-26-17-19-28(20-18-26)35(39)40/h6,8-13,15-20,31-32,38H,2-5,7,14,21-24H2,1H3,(H,39,40)(H2,37,41,42). The van der Waals surface area contributed by atoms with E-state index in [2.05, 4.69) is 35.9 Å². The molecule has 8 heteroatoms. The summed E-state index contributed by atoms with van der Waals surface area (Å²) in [6.45, 7) is 7.22. The van der Waals surface area contributed by atoms with E-state index in [1.165, 1.54) is 17.6 Å². The number of ether oxygens (including phenoxy) is 1. The first-order valence-corrected chi connectivity index (χ1v) is 17.0. The van der Waals surface area contributed by atoms with Gasteiger partial charge in [0.25, 0.3) is 10.2 Å². The molecule has 0 saturated heterocycles. The second-order valence-electron chi connectivity index (χ2n) is 12.0. The maximum Gasteiger partial charge on any atom is 0.335 e. The van der Waals surface area contributed by atoms with Crippen molar-refractivity contribution in [1.29, 1.82) is 0 Å². The molecule has 0 amide bonds. The van der Waals surface area contributed by atoms with Gasteiger partial charge in [-0.1, -0.05) is 99.0 Å². The highest BCUT2D eigenvalue weighted by Gasteiger charge is 2.57. The maximum atomic E-state index is 12.3. The number of unbranched alkanes of at least 4 members (excludes halogenated alkanes) is 3. The number of aromatic carboxylic acids is 1. The average molecular weight is 615 g/mol.